The Labute approximate surface area is 86.4 Å². The number of carbonyl (C=O) groups is 1. The first kappa shape index (κ1) is 12.3. The highest BCUT2D eigenvalue weighted by molar-refractivity contribution is 5.79. The number of halogens is 3. The Morgan fingerprint density at radius 3 is 2.33 bits per heavy atom. The first-order valence-electron chi connectivity index (χ1n) is 4.99. The molecule has 0 atom stereocenters. The molecular weight excluding hydrogens is 209 g/mol. The Kier molecular flexibility index (Phi) is 3.96. The number of hydrogen-bond acceptors (Lipinski definition) is 2. The van der Waals surface area contributed by atoms with Crippen molar-refractivity contribution >= 4 is 5.91 Å². The average Bonchev–Trinajstić information content (AvgIpc) is 1.97. The van der Waals surface area contributed by atoms with Gasteiger partial charge in [0.1, 0.15) is 6.54 Å². The van der Waals surface area contributed by atoms with E-state index in [0.29, 0.717) is 12.8 Å². The maximum absolute atomic E-state index is 12.1. The standard InChI is InChI=1S/C9H15F3N2O/c10-9(11,12)6-14(5-4-13)8(15)7-2-1-3-7/h7H,1-6,13H2. The average molecular weight is 224 g/mol. The highest BCUT2D eigenvalue weighted by atomic mass is 19.4. The molecule has 0 bridgehead atoms. The molecule has 0 unspecified atom stereocenters. The van der Waals surface area contributed by atoms with Crippen molar-refractivity contribution in [2.75, 3.05) is 19.6 Å². The second-order valence-electron chi connectivity index (χ2n) is 3.79. The van der Waals surface area contributed by atoms with E-state index in [-0.39, 0.29) is 19.0 Å². The number of nitrogens with two attached hydrogens (primary N) is 1. The Hall–Kier alpha value is -0.780. The zero-order chi connectivity index (χ0) is 11.5. The van der Waals surface area contributed by atoms with Crippen molar-refractivity contribution in [3.8, 4) is 0 Å². The predicted octanol–water partition coefficient (Wildman–Crippen LogP) is 1.14. The van der Waals surface area contributed by atoms with Gasteiger partial charge in [-0.1, -0.05) is 6.42 Å². The summed E-state index contributed by atoms with van der Waals surface area (Å²) in [4.78, 5) is 12.4. The molecule has 1 aliphatic carbocycles. The third-order valence-corrected chi connectivity index (χ3v) is 2.54. The molecule has 0 aliphatic heterocycles. The highest BCUT2D eigenvalue weighted by Gasteiger charge is 2.36. The lowest BCUT2D eigenvalue weighted by molar-refractivity contribution is -0.165. The molecule has 2 N–H and O–H groups in total. The van der Waals surface area contributed by atoms with Gasteiger partial charge >= 0.3 is 6.18 Å². The van der Waals surface area contributed by atoms with Crippen LogP contribution in [0.2, 0.25) is 0 Å². The van der Waals surface area contributed by atoms with Crippen LogP contribution in [0.3, 0.4) is 0 Å². The van der Waals surface area contributed by atoms with E-state index in [1.165, 1.54) is 0 Å². The van der Waals surface area contributed by atoms with E-state index >= 15 is 0 Å². The van der Waals surface area contributed by atoms with Crippen LogP contribution in [0.4, 0.5) is 13.2 Å². The molecule has 1 fully saturated rings. The zero-order valence-corrected chi connectivity index (χ0v) is 8.39. The van der Waals surface area contributed by atoms with Gasteiger partial charge in [0.05, 0.1) is 0 Å². The van der Waals surface area contributed by atoms with Gasteiger partial charge in [0.15, 0.2) is 0 Å². The SMILES string of the molecule is NCCN(CC(F)(F)F)C(=O)C1CCC1. The summed E-state index contributed by atoms with van der Waals surface area (Å²) in [6.07, 6.45) is -2.00. The van der Waals surface area contributed by atoms with E-state index in [4.69, 9.17) is 5.73 Å². The van der Waals surface area contributed by atoms with Crippen molar-refractivity contribution in [1.82, 2.24) is 4.90 Å². The number of nitrogens with zero attached hydrogens (tertiary/aromatic N) is 1. The number of carbonyl (C=O) groups excluding carboxylic acids is 1. The van der Waals surface area contributed by atoms with Crippen LogP contribution in [-0.2, 0) is 4.79 Å². The molecule has 1 aliphatic rings. The molecule has 0 heterocycles. The molecule has 1 amide bonds. The minimum absolute atomic E-state index is 0.0190. The molecule has 0 radical (unpaired) electrons. The van der Waals surface area contributed by atoms with Crippen LogP contribution < -0.4 is 5.73 Å². The van der Waals surface area contributed by atoms with Crippen molar-refractivity contribution in [1.29, 1.82) is 0 Å². The Bertz CT molecular complexity index is 226. The minimum atomic E-state index is -4.34. The van der Waals surface area contributed by atoms with Crippen molar-refractivity contribution in [3.63, 3.8) is 0 Å². The molecular formula is C9H15F3N2O. The van der Waals surface area contributed by atoms with Crippen molar-refractivity contribution in [3.05, 3.63) is 0 Å². The van der Waals surface area contributed by atoms with Gasteiger partial charge in [0, 0.05) is 19.0 Å². The van der Waals surface area contributed by atoms with E-state index in [9.17, 15) is 18.0 Å². The number of amides is 1. The maximum Gasteiger partial charge on any atom is 0.406 e. The smallest absolute Gasteiger partial charge is 0.332 e. The van der Waals surface area contributed by atoms with Crippen LogP contribution in [0.5, 0.6) is 0 Å². The molecule has 88 valence electrons. The molecule has 6 heteroatoms. The topological polar surface area (TPSA) is 46.3 Å². The summed E-state index contributed by atoms with van der Waals surface area (Å²) >= 11 is 0. The lowest BCUT2D eigenvalue weighted by Gasteiger charge is -2.31. The van der Waals surface area contributed by atoms with Crippen LogP contribution >= 0.6 is 0 Å². The predicted molar refractivity (Wildman–Crippen MR) is 49.0 cm³/mol. The van der Waals surface area contributed by atoms with Gasteiger partial charge in [-0.15, -0.1) is 0 Å². The zero-order valence-electron chi connectivity index (χ0n) is 8.39. The van der Waals surface area contributed by atoms with Gasteiger partial charge in [-0.25, -0.2) is 0 Å². The fourth-order valence-electron chi connectivity index (χ4n) is 1.55. The third-order valence-electron chi connectivity index (χ3n) is 2.54. The van der Waals surface area contributed by atoms with Gasteiger partial charge in [0.25, 0.3) is 0 Å². The van der Waals surface area contributed by atoms with E-state index < -0.39 is 18.6 Å². The lowest BCUT2D eigenvalue weighted by Crippen LogP contribution is -2.45. The van der Waals surface area contributed by atoms with Gasteiger partial charge < -0.3 is 10.6 Å². The van der Waals surface area contributed by atoms with Gasteiger partial charge in [-0.05, 0) is 12.8 Å². The molecule has 0 aromatic carbocycles. The molecule has 0 aromatic rings. The summed E-state index contributed by atoms with van der Waals surface area (Å²) in [5, 5.41) is 0. The van der Waals surface area contributed by atoms with Crippen molar-refractivity contribution in [2.45, 2.75) is 25.4 Å². The quantitative estimate of drug-likeness (QED) is 0.778. The van der Waals surface area contributed by atoms with Crippen LogP contribution in [-0.4, -0.2) is 36.6 Å². The molecule has 1 rings (SSSR count). The molecule has 0 aromatic heterocycles. The largest absolute Gasteiger partial charge is 0.406 e. The summed E-state index contributed by atoms with van der Waals surface area (Å²) in [5.74, 6) is -0.608. The summed E-state index contributed by atoms with van der Waals surface area (Å²) in [7, 11) is 0. The molecule has 3 nitrogen and oxygen atoms in total. The van der Waals surface area contributed by atoms with Crippen molar-refractivity contribution < 1.29 is 18.0 Å². The summed E-state index contributed by atoms with van der Waals surface area (Å²) in [6.45, 7) is -1.14. The van der Waals surface area contributed by atoms with Crippen LogP contribution in [0.1, 0.15) is 19.3 Å². The number of rotatable bonds is 4. The normalized spacial score (nSPS) is 17.3. The van der Waals surface area contributed by atoms with Crippen LogP contribution in [0.25, 0.3) is 0 Å². The second-order valence-corrected chi connectivity index (χ2v) is 3.79. The minimum Gasteiger partial charge on any atom is -0.332 e. The van der Waals surface area contributed by atoms with Gasteiger partial charge in [0.2, 0.25) is 5.91 Å². The van der Waals surface area contributed by atoms with E-state index in [0.717, 1.165) is 11.3 Å². The molecule has 0 saturated heterocycles. The Morgan fingerprint density at radius 1 is 1.40 bits per heavy atom. The number of hydrogen-bond donors (Lipinski definition) is 1. The van der Waals surface area contributed by atoms with Gasteiger partial charge in [-0.3, -0.25) is 4.79 Å². The third kappa shape index (κ3) is 3.70. The second kappa shape index (κ2) is 4.83. The summed E-state index contributed by atoms with van der Waals surface area (Å²) in [5.41, 5.74) is 5.18. The molecule has 15 heavy (non-hydrogen) atoms. The van der Waals surface area contributed by atoms with E-state index in [1.54, 1.807) is 0 Å². The van der Waals surface area contributed by atoms with Crippen LogP contribution in [0.15, 0.2) is 0 Å². The molecule has 1 saturated carbocycles. The van der Waals surface area contributed by atoms with Crippen molar-refractivity contribution in [2.24, 2.45) is 11.7 Å². The fourth-order valence-corrected chi connectivity index (χ4v) is 1.55. The van der Waals surface area contributed by atoms with E-state index in [1.807, 2.05) is 0 Å². The monoisotopic (exact) mass is 224 g/mol. The molecule has 0 spiro atoms. The summed E-state index contributed by atoms with van der Waals surface area (Å²) in [6, 6.07) is 0. The maximum atomic E-state index is 12.1. The highest BCUT2D eigenvalue weighted by Crippen LogP contribution is 2.29. The lowest BCUT2D eigenvalue weighted by atomic mass is 9.84. The van der Waals surface area contributed by atoms with Gasteiger partial charge in [-0.2, -0.15) is 13.2 Å². The summed E-state index contributed by atoms with van der Waals surface area (Å²) < 4.78 is 36.4. The van der Waals surface area contributed by atoms with E-state index in [2.05, 4.69) is 0 Å². The fraction of sp³-hybridized carbons (Fsp3) is 0.889. The van der Waals surface area contributed by atoms with Crippen LogP contribution in [0, 0.1) is 5.92 Å². The first-order valence-corrected chi connectivity index (χ1v) is 4.99. The number of alkyl halides is 3. The first-order chi connectivity index (χ1) is 6.94. The Balaban J connectivity index is 2.51. The Morgan fingerprint density at radius 2 is 2.00 bits per heavy atom.